The summed E-state index contributed by atoms with van der Waals surface area (Å²) < 4.78 is 5.65. The van der Waals surface area contributed by atoms with Gasteiger partial charge in [-0.2, -0.15) is 0 Å². The summed E-state index contributed by atoms with van der Waals surface area (Å²) in [5.41, 5.74) is 3.54. The van der Waals surface area contributed by atoms with Crippen LogP contribution in [0.3, 0.4) is 0 Å². The lowest BCUT2D eigenvalue weighted by atomic mass is 9.75. The van der Waals surface area contributed by atoms with Crippen molar-refractivity contribution in [3.05, 3.63) is 59.7 Å². The number of aliphatic carboxylic acids is 1. The highest BCUT2D eigenvalue weighted by Gasteiger charge is 2.47. The van der Waals surface area contributed by atoms with Gasteiger partial charge in [-0.25, -0.2) is 4.79 Å². The molecule has 2 aromatic carbocycles. The van der Waals surface area contributed by atoms with E-state index in [1.165, 1.54) is 0 Å². The van der Waals surface area contributed by atoms with E-state index in [0.29, 0.717) is 25.7 Å². The fraction of sp³-hybridized carbons (Fsp3) is 0.444. The maximum Gasteiger partial charge on any atom is 0.408 e. The second-order valence-electron chi connectivity index (χ2n) is 9.70. The fourth-order valence-electron chi connectivity index (χ4n) is 5.67. The van der Waals surface area contributed by atoms with Gasteiger partial charge in [-0.1, -0.05) is 61.4 Å². The number of benzene rings is 2. The van der Waals surface area contributed by atoms with Crippen molar-refractivity contribution in [2.24, 2.45) is 5.92 Å². The molecule has 0 unspecified atom stereocenters. The van der Waals surface area contributed by atoms with E-state index in [1.807, 2.05) is 24.3 Å². The number of carboxylic acid groups (broad SMARTS) is 1. The molecule has 5 rings (SSSR count). The topological polar surface area (TPSA) is 105 Å². The minimum atomic E-state index is -1.02. The minimum absolute atomic E-state index is 0.0529. The lowest BCUT2D eigenvalue weighted by Gasteiger charge is -2.42. The standard InChI is InChI=1S/C27H30N2O5/c30-24(31)21-12-5-6-13-23(21)28-25(32)27(14-7-15-27)29-26(33)34-16-22-19-10-3-1-8-17(19)18-9-2-4-11-20(18)22/h1-4,8-11,21-23H,5-7,12-16H2,(H,28,32)(H,29,33)(H,30,31)/t21-,23+/m1/s1. The Morgan fingerprint density at radius 3 is 2.12 bits per heavy atom. The van der Waals surface area contributed by atoms with Gasteiger partial charge in [0.1, 0.15) is 12.1 Å². The number of nitrogens with one attached hydrogen (secondary N) is 2. The lowest BCUT2D eigenvalue weighted by molar-refractivity contribution is -0.144. The molecule has 0 saturated heterocycles. The molecule has 2 aromatic rings. The van der Waals surface area contributed by atoms with E-state index < -0.39 is 29.6 Å². The summed E-state index contributed by atoms with van der Waals surface area (Å²) in [7, 11) is 0. The van der Waals surface area contributed by atoms with E-state index in [0.717, 1.165) is 41.5 Å². The van der Waals surface area contributed by atoms with Crippen molar-refractivity contribution < 1.29 is 24.2 Å². The molecule has 0 aliphatic heterocycles. The second kappa shape index (κ2) is 9.12. The predicted molar refractivity (Wildman–Crippen MR) is 126 cm³/mol. The van der Waals surface area contributed by atoms with Crippen molar-refractivity contribution in [2.75, 3.05) is 6.61 Å². The number of carbonyl (C=O) groups excluding carboxylic acids is 2. The van der Waals surface area contributed by atoms with Crippen LogP contribution < -0.4 is 10.6 Å². The molecule has 0 spiro atoms. The zero-order valence-electron chi connectivity index (χ0n) is 19.1. The van der Waals surface area contributed by atoms with Gasteiger partial charge in [0.15, 0.2) is 0 Å². The average Bonchev–Trinajstić information content (AvgIpc) is 3.14. The molecule has 0 bridgehead atoms. The highest BCUT2D eigenvalue weighted by molar-refractivity contribution is 5.91. The van der Waals surface area contributed by atoms with Crippen molar-refractivity contribution in [3.8, 4) is 11.1 Å². The van der Waals surface area contributed by atoms with E-state index >= 15 is 0 Å². The fourth-order valence-corrected chi connectivity index (χ4v) is 5.67. The number of alkyl carbamates (subject to hydrolysis) is 1. The Morgan fingerprint density at radius 2 is 1.53 bits per heavy atom. The van der Waals surface area contributed by atoms with Crippen LogP contribution in [0.5, 0.6) is 0 Å². The van der Waals surface area contributed by atoms with Gasteiger partial charge in [-0.15, -0.1) is 0 Å². The molecule has 3 N–H and O–H groups in total. The molecule has 2 atom stereocenters. The van der Waals surface area contributed by atoms with E-state index in [-0.39, 0.29) is 18.4 Å². The molecule has 7 heteroatoms. The van der Waals surface area contributed by atoms with Gasteiger partial charge in [0.05, 0.1) is 5.92 Å². The minimum Gasteiger partial charge on any atom is -0.481 e. The van der Waals surface area contributed by atoms with Crippen LogP contribution in [0.1, 0.15) is 62.0 Å². The molecule has 0 radical (unpaired) electrons. The van der Waals surface area contributed by atoms with E-state index in [1.54, 1.807) is 0 Å². The van der Waals surface area contributed by atoms with E-state index in [2.05, 4.69) is 34.9 Å². The van der Waals surface area contributed by atoms with Gasteiger partial charge in [-0.05, 0) is 54.4 Å². The second-order valence-corrected chi connectivity index (χ2v) is 9.70. The molecule has 0 heterocycles. The number of amides is 2. The maximum absolute atomic E-state index is 13.1. The van der Waals surface area contributed by atoms with Crippen LogP contribution in [0, 0.1) is 5.92 Å². The Kier molecular flexibility index (Phi) is 6.02. The normalized spacial score (nSPS) is 22.6. The van der Waals surface area contributed by atoms with Crippen LogP contribution in [-0.2, 0) is 14.3 Å². The van der Waals surface area contributed by atoms with Gasteiger partial charge < -0.3 is 20.5 Å². The van der Waals surface area contributed by atoms with Gasteiger partial charge in [0, 0.05) is 12.0 Å². The van der Waals surface area contributed by atoms with Crippen molar-refractivity contribution in [1.29, 1.82) is 0 Å². The van der Waals surface area contributed by atoms with E-state index in [4.69, 9.17) is 4.74 Å². The van der Waals surface area contributed by atoms with Crippen LogP contribution in [0.15, 0.2) is 48.5 Å². The third kappa shape index (κ3) is 4.04. The van der Waals surface area contributed by atoms with Crippen LogP contribution in [0.25, 0.3) is 11.1 Å². The summed E-state index contributed by atoms with van der Waals surface area (Å²) in [4.78, 5) is 37.5. The third-order valence-electron chi connectivity index (χ3n) is 7.73. The van der Waals surface area contributed by atoms with Crippen molar-refractivity contribution in [3.63, 3.8) is 0 Å². The number of hydrogen-bond acceptors (Lipinski definition) is 4. The molecule has 34 heavy (non-hydrogen) atoms. The first-order valence-corrected chi connectivity index (χ1v) is 12.2. The number of fused-ring (bicyclic) bond motifs is 3. The Hall–Kier alpha value is -3.35. The molecule has 2 fully saturated rings. The highest BCUT2D eigenvalue weighted by Crippen LogP contribution is 2.44. The van der Waals surface area contributed by atoms with Crippen molar-refractivity contribution in [2.45, 2.75) is 62.4 Å². The van der Waals surface area contributed by atoms with Gasteiger partial charge in [0.2, 0.25) is 5.91 Å². The number of rotatable bonds is 6. The molecular formula is C27H30N2O5. The first-order valence-electron chi connectivity index (χ1n) is 12.2. The van der Waals surface area contributed by atoms with Gasteiger partial charge >= 0.3 is 12.1 Å². The first-order chi connectivity index (χ1) is 16.5. The highest BCUT2D eigenvalue weighted by atomic mass is 16.5. The number of carboxylic acids is 1. The van der Waals surface area contributed by atoms with Gasteiger partial charge in [-0.3, -0.25) is 9.59 Å². The zero-order valence-corrected chi connectivity index (χ0v) is 19.1. The molecule has 0 aromatic heterocycles. The molecular weight excluding hydrogens is 432 g/mol. The zero-order chi connectivity index (χ0) is 23.7. The molecule has 2 saturated carbocycles. The summed E-state index contributed by atoms with van der Waals surface area (Å²) in [6, 6.07) is 15.9. The molecule has 178 valence electrons. The summed E-state index contributed by atoms with van der Waals surface area (Å²) in [6.45, 7) is 0.182. The SMILES string of the molecule is O=C(NC1(C(=O)N[C@H]2CCCC[C@H]2C(=O)O)CCC1)OCC1c2ccccc2-c2ccccc21. The summed E-state index contributed by atoms with van der Waals surface area (Å²) in [5.74, 6) is -1.81. The Bertz CT molecular complexity index is 1060. The van der Waals surface area contributed by atoms with Crippen molar-refractivity contribution in [1.82, 2.24) is 10.6 Å². The Balaban J connectivity index is 1.23. The summed E-state index contributed by atoms with van der Waals surface area (Å²) in [5, 5.41) is 15.3. The predicted octanol–water partition coefficient (Wildman–Crippen LogP) is 4.21. The maximum atomic E-state index is 13.1. The summed E-state index contributed by atoms with van der Waals surface area (Å²) in [6.07, 6.45) is 4.20. The lowest BCUT2D eigenvalue weighted by Crippen LogP contribution is -2.65. The molecule has 3 aliphatic carbocycles. The van der Waals surface area contributed by atoms with Crippen LogP contribution >= 0.6 is 0 Å². The first kappa shape index (κ1) is 22.4. The molecule has 3 aliphatic rings. The number of ether oxygens (including phenoxy) is 1. The van der Waals surface area contributed by atoms with Crippen LogP contribution in [0.2, 0.25) is 0 Å². The quantitative estimate of drug-likeness (QED) is 0.597. The number of carbonyl (C=O) groups is 3. The monoisotopic (exact) mass is 462 g/mol. The van der Waals surface area contributed by atoms with Crippen LogP contribution in [0.4, 0.5) is 4.79 Å². The smallest absolute Gasteiger partial charge is 0.408 e. The Labute approximate surface area is 198 Å². The van der Waals surface area contributed by atoms with Crippen LogP contribution in [-0.4, -0.2) is 41.3 Å². The third-order valence-corrected chi connectivity index (χ3v) is 7.73. The Morgan fingerprint density at radius 1 is 0.912 bits per heavy atom. The largest absolute Gasteiger partial charge is 0.481 e. The molecule has 7 nitrogen and oxygen atoms in total. The number of hydrogen-bond donors (Lipinski definition) is 3. The van der Waals surface area contributed by atoms with E-state index in [9.17, 15) is 19.5 Å². The summed E-state index contributed by atoms with van der Waals surface area (Å²) >= 11 is 0. The average molecular weight is 463 g/mol. The molecule has 2 amide bonds. The van der Waals surface area contributed by atoms with Gasteiger partial charge in [0.25, 0.3) is 0 Å². The van der Waals surface area contributed by atoms with Crippen molar-refractivity contribution >= 4 is 18.0 Å².